The molecule has 35 heavy (non-hydrogen) atoms. The number of hydrogen-bond donors (Lipinski definition) is 0. The summed E-state index contributed by atoms with van der Waals surface area (Å²) in [6.45, 7) is 7.92. The minimum Gasteiger partial charge on any atom is -0.403 e. The molecule has 0 atom stereocenters. The third-order valence-electron chi connectivity index (χ3n) is 6.65. The normalized spacial score (nSPS) is 17.5. The third-order valence-corrected chi connectivity index (χ3v) is 7.67. The minimum atomic E-state index is -4.45. The average molecular weight is 501 g/mol. The van der Waals surface area contributed by atoms with Crippen molar-refractivity contribution >= 4 is 39.4 Å². The van der Waals surface area contributed by atoms with E-state index in [9.17, 15) is 18.0 Å². The second kappa shape index (κ2) is 8.14. The molecule has 0 N–H and O–H groups in total. The van der Waals surface area contributed by atoms with Gasteiger partial charge in [0.25, 0.3) is 5.56 Å². The molecule has 0 saturated carbocycles. The number of aromatic nitrogens is 3. The van der Waals surface area contributed by atoms with Gasteiger partial charge in [0.05, 0.1) is 44.6 Å². The predicted molar refractivity (Wildman–Crippen MR) is 130 cm³/mol. The Labute approximate surface area is 203 Å². The molecule has 0 amide bonds. The fraction of sp³-hybridized carbons (Fsp3) is 0.375. The van der Waals surface area contributed by atoms with E-state index in [2.05, 4.69) is 10.1 Å². The Hall–Kier alpha value is -2.76. The number of halogens is 3. The standard InChI is InChI=1S/C24H23BF3N3O3S/c1-22(2)23(3,4)34-25(33-22)12-18-15-7-5-6-8-16(15)21(32)31(30-18)13-20-29-17-11-14(24(26,27)28)9-10-19(17)35-20/h5-11H,12-13H2,1-4H3. The minimum absolute atomic E-state index is 0.0424. The van der Waals surface area contributed by atoms with Gasteiger partial charge in [0.2, 0.25) is 0 Å². The van der Waals surface area contributed by atoms with Gasteiger partial charge in [-0.1, -0.05) is 18.2 Å². The van der Waals surface area contributed by atoms with E-state index in [0.29, 0.717) is 32.5 Å². The molecule has 2 aromatic heterocycles. The van der Waals surface area contributed by atoms with E-state index in [1.54, 1.807) is 12.1 Å². The molecular formula is C24H23BF3N3O3S. The average Bonchev–Trinajstić information content (AvgIpc) is 3.26. The van der Waals surface area contributed by atoms with Crippen LogP contribution in [0.4, 0.5) is 13.2 Å². The van der Waals surface area contributed by atoms with Gasteiger partial charge in [-0.15, -0.1) is 11.3 Å². The lowest BCUT2D eigenvalue weighted by atomic mass is 9.82. The number of rotatable bonds is 4. The number of alkyl halides is 3. The van der Waals surface area contributed by atoms with Crippen LogP contribution in [0.1, 0.15) is 44.0 Å². The Bertz CT molecular complexity index is 1480. The van der Waals surface area contributed by atoms with Crippen LogP contribution >= 0.6 is 11.3 Å². The Kier molecular flexibility index (Phi) is 5.57. The van der Waals surface area contributed by atoms with Crippen LogP contribution < -0.4 is 5.56 Å². The van der Waals surface area contributed by atoms with Gasteiger partial charge in [-0.2, -0.15) is 18.3 Å². The molecule has 0 radical (unpaired) electrons. The highest BCUT2D eigenvalue weighted by molar-refractivity contribution is 7.18. The van der Waals surface area contributed by atoms with E-state index in [-0.39, 0.29) is 17.6 Å². The molecule has 5 rings (SSSR count). The molecule has 0 spiro atoms. The molecule has 3 heterocycles. The van der Waals surface area contributed by atoms with Crippen molar-refractivity contribution in [2.75, 3.05) is 0 Å². The van der Waals surface area contributed by atoms with Crippen molar-refractivity contribution < 1.29 is 22.5 Å². The van der Waals surface area contributed by atoms with Crippen LogP contribution in [-0.2, 0) is 28.3 Å². The summed E-state index contributed by atoms with van der Waals surface area (Å²) >= 11 is 1.24. The fourth-order valence-corrected chi connectivity index (χ4v) is 5.05. The number of nitrogens with zero attached hydrogens (tertiary/aromatic N) is 3. The Morgan fingerprint density at radius 2 is 1.69 bits per heavy atom. The molecule has 1 aliphatic heterocycles. The summed E-state index contributed by atoms with van der Waals surface area (Å²) in [5.41, 5.74) is -1.18. The smallest absolute Gasteiger partial charge is 0.403 e. The van der Waals surface area contributed by atoms with Crippen molar-refractivity contribution in [3.05, 3.63) is 69.1 Å². The molecule has 0 bridgehead atoms. The number of hydrogen-bond acceptors (Lipinski definition) is 6. The SMILES string of the molecule is CC1(C)OB(Cc2nn(Cc3nc4cc(C(F)(F)F)ccc4s3)c(=O)c3ccccc23)OC1(C)C. The van der Waals surface area contributed by atoms with Crippen LogP contribution in [0, 0.1) is 0 Å². The molecule has 182 valence electrons. The fourth-order valence-electron chi connectivity index (χ4n) is 4.12. The molecule has 6 nitrogen and oxygen atoms in total. The quantitative estimate of drug-likeness (QED) is 0.358. The molecule has 4 aromatic rings. The first kappa shape index (κ1) is 24.0. The summed E-state index contributed by atoms with van der Waals surface area (Å²) in [5, 5.41) is 6.31. The van der Waals surface area contributed by atoms with Crippen LogP contribution in [0.5, 0.6) is 0 Å². The predicted octanol–water partition coefficient (Wildman–Crippen LogP) is 5.25. The van der Waals surface area contributed by atoms with Gasteiger partial charge < -0.3 is 9.31 Å². The van der Waals surface area contributed by atoms with Crippen molar-refractivity contribution in [1.82, 2.24) is 14.8 Å². The van der Waals surface area contributed by atoms with Gasteiger partial charge in [-0.25, -0.2) is 9.67 Å². The van der Waals surface area contributed by atoms with Crippen molar-refractivity contribution in [3.63, 3.8) is 0 Å². The Balaban J connectivity index is 1.51. The lowest BCUT2D eigenvalue weighted by Gasteiger charge is -2.32. The summed E-state index contributed by atoms with van der Waals surface area (Å²) in [6, 6.07) is 10.7. The summed E-state index contributed by atoms with van der Waals surface area (Å²) < 4.78 is 53.4. The highest BCUT2D eigenvalue weighted by atomic mass is 32.1. The van der Waals surface area contributed by atoms with Crippen LogP contribution in [0.15, 0.2) is 47.3 Å². The van der Waals surface area contributed by atoms with Gasteiger partial charge in [0, 0.05) is 11.7 Å². The van der Waals surface area contributed by atoms with Crippen molar-refractivity contribution in [2.45, 2.75) is 57.9 Å². The summed E-state index contributed by atoms with van der Waals surface area (Å²) in [4.78, 5) is 17.5. The van der Waals surface area contributed by atoms with E-state index in [1.807, 2.05) is 39.8 Å². The van der Waals surface area contributed by atoms with Crippen LogP contribution in [-0.4, -0.2) is 33.1 Å². The van der Waals surface area contributed by atoms with E-state index in [0.717, 1.165) is 12.1 Å². The third kappa shape index (κ3) is 4.36. The summed E-state index contributed by atoms with van der Waals surface area (Å²) in [6.07, 6.45) is -4.11. The molecule has 2 aromatic carbocycles. The lowest BCUT2D eigenvalue weighted by molar-refractivity contribution is -0.137. The van der Waals surface area contributed by atoms with Gasteiger partial charge >= 0.3 is 13.3 Å². The van der Waals surface area contributed by atoms with Crippen LogP contribution in [0.2, 0.25) is 0 Å². The highest BCUT2D eigenvalue weighted by Gasteiger charge is 2.51. The maximum atomic E-state index is 13.2. The summed E-state index contributed by atoms with van der Waals surface area (Å²) in [7, 11) is -0.537. The largest absolute Gasteiger partial charge is 0.464 e. The lowest BCUT2D eigenvalue weighted by Crippen LogP contribution is -2.41. The number of thiazole rings is 1. The van der Waals surface area contributed by atoms with E-state index in [4.69, 9.17) is 9.31 Å². The van der Waals surface area contributed by atoms with Crippen LogP contribution in [0.25, 0.3) is 21.0 Å². The van der Waals surface area contributed by atoms with Gasteiger partial charge in [-0.3, -0.25) is 4.79 Å². The second-order valence-electron chi connectivity index (χ2n) is 9.63. The van der Waals surface area contributed by atoms with E-state index >= 15 is 0 Å². The van der Waals surface area contributed by atoms with Gasteiger partial charge in [0.15, 0.2) is 0 Å². The van der Waals surface area contributed by atoms with E-state index in [1.165, 1.54) is 22.1 Å². The molecule has 1 fully saturated rings. The molecular weight excluding hydrogens is 478 g/mol. The molecule has 1 aliphatic rings. The maximum absolute atomic E-state index is 13.2. The zero-order chi connectivity index (χ0) is 25.2. The van der Waals surface area contributed by atoms with Gasteiger partial charge in [0.1, 0.15) is 5.01 Å². The maximum Gasteiger partial charge on any atom is 0.464 e. The zero-order valence-electron chi connectivity index (χ0n) is 19.6. The first-order valence-electron chi connectivity index (χ1n) is 11.2. The number of benzene rings is 2. The molecule has 11 heteroatoms. The topological polar surface area (TPSA) is 66.2 Å². The van der Waals surface area contributed by atoms with Crippen molar-refractivity contribution in [3.8, 4) is 0 Å². The van der Waals surface area contributed by atoms with Crippen molar-refractivity contribution in [2.24, 2.45) is 0 Å². The monoisotopic (exact) mass is 501 g/mol. The molecule has 0 aliphatic carbocycles. The highest BCUT2D eigenvalue weighted by Crippen LogP contribution is 2.38. The van der Waals surface area contributed by atoms with Crippen LogP contribution in [0.3, 0.4) is 0 Å². The van der Waals surface area contributed by atoms with Gasteiger partial charge in [-0.05, 0) is 52.0 Å². The van der Waals surface area contributed by atoms with E-state index < -0.39 is 30.1 Å². The summed E-state index contributed by atoms with van der Waals surface area (Å²) in [5.74, 6) is 0. The molecule has 0 unspecified atom stereocenters. The second-order valence-corrected chi connectivity index (χ2v) is 10.7. The first-order valence-corrected chi connectivity index (χ1v) is 12.0. The number of fused-ring (bicyclic) bond motifs is 2. The van der Waals surface area contributed by atoms with Crippen molar-refractivity contribution in [1.29, 1.82) is 0 Å². The molecule has 1 saturated heterocycles. The Morgan fingerprint density at radius 1 is 1.03 bits per heavy atom. The first-order chi connectivity index (χ1) is 16.3. The zero-order valence-corrected chi connectivity index (χ0v) is 20.5. The Morgan fingerprint density at radius 3 is 2.34 bits per heavy atom.